The van der Waals surface area contributed by atoms with Crippen LogP contribution in [0.1, 0.15) is 15.9 Å². The molecule has 34 heavy (non-hydrogen) atoms. The topological polar surface area (TPSA) is 158 Å². The number of nitrogens with zero attached hydrogens (tertiary/aromatic N) is 2. The van der Waals surface area contributed by atoms with Gasteiger partial charge in [-0.3, -0.25) is 0 Å². The van der Waals surface area contributed by atoms with Crippen LogP contribution in [0.5, 0.6) is 5.75 Å². The zero-order valence-electron chi connectivity index (χ0n) is 17.9. The van der Waals surface area contributed by atoms with Crippen molar-refractivity contribution in [3.63, 3.8) is 0 Å². The van der Waals surface area contributed by atoms with Crippen molar-refractivity contribution in [2.75, 3.05) is 6.61 Å². The summed E-state index contributed by atoms with van der Waals surface area (Å²) in [4.78, 5) is 24.0. The number of carbonyl (C=O) groups excluding carboxylic acids is 2. The van der Waals surface area contributed by atoms with E-state index >= 15 is 0 Å². The van der Waals surface area contributed by atoms with Gasteiger partial charge in [-0.05, 0) is 30.5 Å². The van der Waals surface area contributed by atoms with E-state index in [-0.39, 0.29) is 11.3 Å². The van der Waals surface area contributed by atoms with Gasteiger partial charge in [0.2, 0.25) is 5.76 Å². The van der Waals surface area contributed by atoms with Crippen LogP contribution in [0.25, 0.3) is 10.8 Å². The zero-order chi connectivity index (χ0) is 24.4. The fourth-order valence-electron chi connectivity index (χ4n) is 3.35. The van der Waals surface area contributed by atoms with Gasteiger partial charge in [-0.2, -0.15) is 5.11 Å². The highest BCUT2D eigenvalue weighted by molar-refractivity contribution is 6.05. The number of azo groups is 1. The summed E-state index contributed by atoms with van der Waals surface area (Å²) >= 11 is 0. The minimum atomic E-state index is -1.65. The first-order valence-corrected chi connectivity index (χ1v) is 10.2. The molecule has 0 radical (unpaired) electrons. The Balaban J connectivity index is 1.60. The van der Waals surface area contributed by atoms with Crippen molar-refractivity contribution in [3.05, 3.63) is 77.2 Å². The molecule has 4 N–H and O–H groups in total. The van der Waals surface area contributed by atoms with E-state index in [1.807, 2.05) is 19.1 Å². The molecule has 0 saturated carbocycles. The number of phenolic OH excluding ortho intramolecular Hbond substituents is 1. The molecule has 0 amide bonds. The number of fused-ring (bicyclic) bond motifs is 1. The standard InChI is InChI=1S/C24H20N2O8/c1-12-6-8-14(9-7-12)25-26-18-15-5-3-2-4-13(15)10-16(19(18)28)23(31)33-11-17(27)22-20(29)21(30)24(32)34-22/h2-10,17,22,27-30H,11H2,1H3. The first kappa shape index (κ1) is 22.7. The van der Waals surface area contributed by atoms with E-state index in [1.165, 1.54) is 6.07 Å². The monoisotopic (exact) mass is 464 g/mol. The second-order valence-corrected chi connectivity index (χ2v) is 7.60. The Labute approximate surface area is 193 Å². The number of benzene rings is 3. The largest absolute Gasteiger partial charge is 0.505 e. The molecular formula is C24H20N2O8. The Hall–Kier alpha value is -4.44. The molecule has 10 nitrogen and oxygen atoms in total. The Kier molecular flexibility index (Phi) is 6.15. The van der Waals surface area contributed by atoms with E-state index in [0.717, 1.165) is 5.56 Å². The first-order valence-electron chi connectivity index (χ1n) is 10.2. The maximum absolute atomic E-state index is 12.7. The van der Waals surface area contributed by atoms with Gasteiger partial charge in [0.15, 0.2) is 17.6 Å². The highest BCUT2D eigenvalue weighted by Crippen LogP contribution is 2.39. The number of ether oxygens (including phenoxy) is 2. The van der Waals surface area contributed by atoms with Crippen LogP contribution in [0.15, 0.2) is 76.3 Å². The number of esters is 2. The average Bonchev–Trinajstić information content (AvgIpc) is 3.09. The molecular weight excluding hydrogens is 444 g/mol. The van der Waals surface area contributed by atoms with Gasteiger partial charge in [-0.15, -0.1) is 5.11 Å². The van der Waals surface area contributed by atoms with Gasteiger partial charge in [0.25, 0.3) is 0 Å². The van der Waals surface area contributed by atoms with Crippen molar-refractivity contribution in [2.24, 2.45) is 10.2 Å². The molecule has 3 aromatic rings. The van der Waals surface area contributed by atoms with Crippen LogP contribution in [0, 0.1) is 6.92 Å². The van der Waals surface area contributed by atoms with Crippen LogP contribution in [-0.4, -0.2) is 51.2 Å². The van der Waals surface area contributed by atoms with Gasteiger partial charge < -0.3 is 29.9 Å². The molecule has 4 rings (SSSR count). The van der Waals surface area contributed by atoms with E-state index in [0.29, 0.717) is 16.5 Å². The summed E-state index contributed by atoms with van der Waals surface area (Å²) in [5.74, 6) is -4.55. The number of hydrogen-bond donors (Lipinski definition) is 4. The number of phenols is 1. The number of aromatic hydroxyl groups is 1. The SMILES string of the molecule is Cc1ccc(N=Nc2c(O)c(C(=O)OCC(O)C3OC(=O)C(O)=C3O)cc3ccccc23)cc1. The van der Waals surface area contributed by atoms with Gasteiger partial charge in [-0.25, -0.2) is 9.59 Å². The maximum atomic E-state index is 12.7. The number of rotatable bonds is 6. The maximum Gasteiger partial charge on any atom is 0.377 e. The van der Waals surface area contributed by atoms with Crippen LogP contribution < -0.4 is 0 Å². The highest BCUT2D eigenvalue weighted by atomic mass is 16.6. The lowest BCUT2D eigenvalue weighted by Crippen LogP contribution is -2.33. The molecule has 0 saturated heterocycles. The first-order chi connectivity index (χ1) is 16.3. The van der Waals surface area contributed by atoms with Crippen LogP contribution in [0.3, 0.4) is 0 Å². The third-order valence-corrected chi connectivity index (χ3v) is 5.19. The summed E-state index contributed by atoms with van der Waals surface area (Å²) in [6.45, 7) is 1.24. The summed E-state index contributed by atoms with van der Waals surface area (Å²) in [5.41, 5.74) is 1.43. The molecule has 0 spiro atoms. The van der Waals surface area contributed by atoms with Crippen molar-refractivity contribution >= 4 is 34.1 Å². The summed E-state index contributed by atoms with van der Waals surface area (Å²) in [6.07, 6.45) is -3.23. The summed E-state index contributed by atoms with van der Waals surface area (Å²) in [6, 6.07) is 15.6. The van der Waals surface area contributed by atoms with Crippen LogP contribution >= 0.6 is 0 Å². The molecule has 2 atom stereocenters. The van der Waals surface area contributed by atoms with Crippen molar-refractivity contribution in [3.8, 4) is 5.75 Å². The predicted octanol–water partition coefficient (Wildman–Crippen LogP) is 4.04. The molecule has 0 aliphatic carbocycles. The van der Waals surface area contributed by atoms with E-state index in [9.17, 15) is 30.0 Å². The van der Waals surface area contributed by atoms with Crippen molar-refractivity contribution in [1.82, 2.24) is 0 Å². The summed E-state index contributed by atoms with van der Waals surface area (Å²) < 4.78 is 9.69. The molecule has 1 aliphatic heterocycles. The van der Waals surface area contributed by atoms with Gasteiger partial charge in [0.1, 0.15) is 24.0 Å². The third-order valence-electron chi connectivity index (χ3n) is 5.19. The number of aryl methyl sites for hydroxylation is 1. The number of hydrogen-bond acceptors (Lipinski definition) is 10. The fraction of sp³-hybridized carbons (Fsp3) is 0.167. The number of cyclic esters (lactones) is 1. The molecule has 2 unspecified atom stereocenters. The lowest BCUT2D eigenvalue weighted by Gasteiger charge is -2.17. The Bertz CT molecular complexity index is 1330. The Morgan fingerprint density at radius 2 is 1.79 bits per heavy atom. The van der Waals surface area contributed by atoms with Crippen LogP contribution in [0.2, 0.25) is 0 Å². The molecule has 0 bridgehead atoms. The van der Waals surface area contributed by atoms with Gasteiger partial charge >= 0.3 is 11.9 Å². The van der Waals surface area contributed by atoms with E-state index in [4.69, 9.17) is 4.74 Å². The predicted molar refractivity (Wildman–Crippen MR) is 119 cm³/mol. The normalized spacial score (nSPS) is 16.8. The minimum absolute atomic E-state index is 0.0568. The number of aliphatic hydroxyl groups excluding tert-OH is 3. The number of carbonyl (C=O) groups is 2. The van der Waals surface area contributed by atoms with Crippen LogP contribution in [0.4, 0.5) is 11.4 Å². The number of aliphatic hydroxyl groups is 3. The highest BCUT2D eigenvalue weighted by Gasteiger charge is 2.39. The van der Waals surface area contributed by atoms with E-state index < -0.39 is 48.0 Å². The van der Waals surface area contributed by atoms with Crippen molar-refractivity contribution in [1.29, 1.82) is 0 Å². The fourth-order valence-corrected chi connectivity index (χ4v) is 3.35. The summed E-state index contributed by atoms with van der Waals surface area (Å²) in [7, 11) is 0. The zero-order valence-corrected chi connectivity index (χ0v) is 17.9. The smallest absolute Gasteiger partial charge is 0.377 e. The van der Waals surface area contributed by atoms with Crippen LogP contribution in [-0.2, 0) is 14.3 Å². The molecule has 0 fully saturated rings. The second-order valence-electron chi connectivity index (χ2n) is 7.60. The second kappa shape index (κ2) is 9.20. The molecule has 1 heterocycles. The van der Waals surface area contributed by atoms with Crippen molar-refractivity contribution < 1.29 is 39.5 Å². The van der Waals surface area contributed by atoms with Gasteiger partial charge in [0, 0.05) is 5.39 Å². The van der Waals surface area contributed by atoms with Gasteiger partial charge in [-0.1, -0.05) is 42.0 Å². The van der Waals surface area contributed by atoms with Gasteiger partial charge in [0.05, 0.1) is 5.69 Å². The lowest BCUT2D eigenvalue weighted by molar-refractivity contribution is -0.147. The average molecular weight is 464 g/mol. The lowest BCUT2D eigenvalue weighted by atomic mass is 10.0. The molecule has 10 heteroatoms. The van der Waals surface area contributed by atoms with E-state index in [2.05, 4.69) is 15.0 Å². The Morgan fingerprint density at radius 3 is 2.47 bits per heavy atom. The van der Waals surface area contributed by atoms with E-state index in [1.54, 1.807) is 36.4 Å². The molecule has 3 aromatic carbocycles. The molecule has 174 valence electrons. The summed E-state index contributed by atoms with van der Waals surface area (Å²) in [5, 5.41) is 49.4. The van der Waals surface area contributed by atoms with Crippen molar-refractivity contribution in [2.45, 2.75) is 19.1 Å². The Morgan fingerprint density at radius 1 is 1.09 bits per heavy atom. The molecule has 0 aromatic heterocycles. The third kappa shape index (κ3) is 4.39. The molecule has 1 aliphatic rings. The minimum Gasteiger partial charge on any atom is -0.505 e. The quantitative estimate of drug-likeness (QED) is 0.314.